The van der Waals surface area contributed by atoms with E-state index in [9.17, 15) is 4.39 Å². The molecule has 3 heteroatoms. The van der Waals surface area contributed by atoms with Crippen molar-refractivity contribution in [3.63, 3.8) is 0 Å². The van der Waals surface area contributed by atoms with E-state index in [2.05, 4.69) is 54.2 Å². The van der Waals surface area contributed by atoms with Crippen LogP contribution in [0.1, 0.15) is 22.3 Å². The molecule has 0 amide bonds. The van der Waals surface area contributed by atoms with E-state index in [1.165, 1.54) is 22.8 Å². The summed E-state index contributed by atoms with van der Waals surface area (Å²) in [6.45, 7) is 6.70. The van der Waals surface area contributed by atoms with Crippen molar-refractivity contribution in [3.05, 3.63) is 62.9 Å². The molecule has 2 rings (SSSR count). The lowest BCUT2D eigenvalue weighted by Gasteiger charge is -2.14. The molecule has 1 nitrogen and oxygen atoms in total. The minimum atomic E-state index is -0.182. The fourth-order valence-electron chi connectivity index (χ4n) is 2.32. The number of anilines is 1. The smallest absolute Gasteiger partial charge is 0.128 e. The third-order valence-corrected chi connectivity index (χ3v) is 3.63. The van der Waals surface area contributed by atoms with Gasteiger partial charge < -0.3 is 5.32 Å². The molecule has 0 heterocycles. The van der Waals surface area contributed by atoms with Crippen molar-refractivity contribution in [2.24, 2.45) is 0 Å². The Bertz CT molecular complexity index is 585. The number of rotatable bonds is 3. The van der Waals surface area contributed by atoms with Crippen LogP contribution in [0.5, 0.6) is 0 Å². The van der Waals surface area contributed by atoms with Gasteiger partial charge in [0.1, 0.15) is 5.82 Å². The summed E-state index contributed by atoms with van der Waals surface area (Å²) in [5.41, 5.74) is 5.37. The summed E-state index contributed by atoms with van der Waals surface area (Å²) in [7, 11) is 0. The summed E-state index contributed by atoms with van der Waals surface area (Å²) in [6.07, 6.45) is 0. The van der Waals surface area contributed by atoms with Gasteiger partial charge in [-0.3, -0.25) is 0 Å². The van der Waals surface area contributed by atoms with Gasteiger partial charge in [-0.1, -0.05) is 33.6 Å². The Kier molecular flexibility index (Phi) is 4.25. The number of halogens is 2. The summed E-state index contributed by atoms with van der Waals surface area (Å²) >= 11 is 3.37. The molecule has 1 N–H and O–H groups in total. The van der Waals surface area contributed by atoms with Crippen molar-refractivity contribution >= 4 is 21.6 Å². The van der Waals surface area contributed by atoms with Crippen molar-refractivity contribution in [3.8, 4) is 0 Å². The van der Waals surface area contributed by atoms with Gasteiger partial charge in [0, 0.05) is 22.3 Å². The van der Waals surface area contributed by atoms with Gasteiger partial charge in [-0.2, -0.15) is 0 Å². The van der Waals surface area contributed by atoms with Crippen molar-refractivity contribution in [2.75, 3.05) is 5.32 Å². The van der Waals surface area contributed by atoms with Gasteiger partial charge >= 0.3 is 0 Å². The average molecular weight is 322 g/mol. The van der Waals surface area contributed by atoms with Gasteiger partial charge in [0.2, 0.25) is 0 Å². The quantitative estimate of drug-likeness (QED) is 0.826. The Morgan fingerprint density at radius 1 is 1.05 bits per heavy atom. The molecule has 19 heavy (non-hydrogen) atoms. The van der Waals surface area contributed by atoms with Crippen molar-refractivity contribution in [1.82, 2.24) is 0 Å². The largest absolute Gasteiger partial charge is 0.380 e. The molecule has 0 fully saturated rings. The lowest BCUT2D eigenvalue weighted by atomic mass is 10.0. The van der Waals surface area contributed by atoms with Crippen molar-refractivity contribution in [2.45, 2.75) is 27.3 Å². The van der Waals surface area contributed by atoms with Gasteiger partial charge in [0.05, 0.1) is 0 Å². The highest BCUT2D eigenvalue weighted by molar-refractivity contribution is 9.10. The molecule has 0 spiro atoms. The monoisotopic (exact) mass is 321 g/mol. The second-order valence-corrected chi connectivity index (χ2v) is 5.78. The van der Waals surface area contributed by atoms with Crippen LogP contribution >= 0.6 is 15.9 Å². The maximum Gasteiger partial charge on any atom is 0.128 e. The average Bonchev–Trinajstić information content (AvgIpc) is 2.32. The minimum Gasteiger partial charge on any atom is -0.380 e. The molecular formula is C16H17BrFN. The number of hydrogen-bond donors (Lipinski definition) is 1. The second kappa shape index (κ2) is 5.74. The second-order valence-electron chi connectivity index (χ2n) is 4.86. The minimum absolute atomic E-state index is 0.182. The van der Waals surface area contributed by atoms with Crippen LogP contribution in [0, 0.1) is 26.6 Å². The number of nitrogens with one attached hydrogen (secondary N) is 1. The number of benzene rings is 2. The van der Waals surface area contributed by atoms with Gasteiger partial charge in [0.25, 0.3) is 0 Å². The molecule has 0 saturated carbocycles. The molecule has 0 bridgehead atoms. The Hall–Kier alpha value is -1.35. The van der Waals surface area contributed by atoms with Crippen LogP contribution in [0.15, 0.2) is 34.8 Å². The molecule has 0 atom stereocenters. The number of aryl methyl sites for hydroxylation is 3. The highest BCUT2D eigenvalue weighted by Gasteiger charge is 2.06. The third kappa shape index (κ3) is 3.35. The van der Waals surface area contributed by atoms with E-state index in [0.717, 1.165) is 10.2 Å². The maximum atomic E-state index is 13.7. The van der Waals surface area contributed by atoms with E-state index >= 15 is 0 Å². The van der Waals surface area contributed by atoms with E-state index in [4.69, 9.17) is 0 Å². The molecule has 100 valence electrons. The number of hydrogen-bond acceptors (Lipinski definition) is 1. The highest BCUT2D eigenvalue weighted by Crippen LogP contribution is 2.23. The normalized spacial score (nSPS) is 10.6. The Morgan fingerprint density at radius 3 is 2.32 bits per heavy atom. The molecule has 0 aromatic heterocycles. The molecule has 2 aromatic rings. The molecule has 0 unspecified atom stereocenters. The third-order valence-electron chi connectivity index (χ3n) is 3.14. The van der Waals surface area contributed by atoms with Crippen LogP contribution in [0.3, 0.4) is 0 Å². The lowest BCUT2D eigenvalue weighted by Crippen LogP contribution is -2.05. The summed E-state index contributed by atoms with van der Waals surface area (Å²) < 4.78 is 14.6. The van der Waals surface area contributed by atoms with Crippen LogP contribution in [-0.2, 0) is 6.54 Å². The predicted molar refractivity (Wildman–Crippen MR) is 82.1 cm³/mol. The molecule has 0 aliphatic heterocycles. The topological polar surface area (TPSA) is 12.0 Å². The molecule has 0 saturated heterocycles. The summed E-state index contributed by atoms with van der Waals surface area (Å²) in [5.74, 6) is -0.182. The molecule has 0 aliphatic carbocycles. The van der Waals surface area contributed by atoms with Crippen molar-refractivity contribution < 1.29 is 4.39 Å². The van der Waals surface area contributed by atoms with E-state index in [-0.39, 0.29) is 5.82 Å². The maximum absolute atomic E-state index is 13.7. The van der Waals surface area contributed by atoms with Gasteiger partial charge in [-0.25, -0.2) is 4.39 Å². The summed E-state index contributed by atoms with van der Waals surface area (Å²) in [6, 6.07) is 9.26. The molecular weight excluding hydrogens is 305 g/mol. The molecule has 0 radical (unpaired) electrons. The Balaban J connectivity index is 2.21. The Morgan fingerprint density at radius 2 is 1.68 bits per heavy atom. The van der Waals surface area contributed by atoms with E-state index in [0.29, 0.717) is 12.1 Å². The van der Waals surface area contributed by atoms with E-state index in [1.54, 1.807) is 12.1 Å². The van der Waals surface area contributed by atoms with Crippen LogP contribution in [0.4, 0.5) is 10.1 Å². The van der Waals surface area contributed by atoms with Crippen LogP contribution in [0.25, 0.3) is 0 Å². The summed E-state index contributed by atoms with van der Waals surface area (Å²) in [5, 5.41) is 3.33. The fraction of sp³-hybridized carbons (Fsp3) is 0.250. The van der Waals surface area contributed by atoms with E-state index in [1.807, 2.05) is 0 Å². The van der Waals surface area contributed by atoms with Gasteiger partial charge in [0.15, 0.2) is 0 Å². The van der Waals surface area contributed by atoms with Gasteiger partial charge in [-0.05, 0) is 50.1 Å². The highest BCUT2D eigenvalue weighted by atomic mass is 79.9. The zero-order chi connectivity index (χ0) is 14.0. The Labute approximate surface area is 122 Å². The fourth-order valence-corrected chi connectivity index (χ4v) is 2.73. The van der Waals surface area contributed by atoms with Gasteiger partial charge in [-0.15, -0.1) is 0 Å². The predicted octanol–water partition coefficient (Wildman–Crippen LogP) is 5.13. The van der Waals surface area contributed by atoms with Crippen molar-refractivity contribution in [1.29, 1.82) is 0 Å². The molecule has 0 aliphatic rings. The van der Waals surface area contributed by atoms with Crippen LogP contribution in [-0.4, -0.2) is 0 Å². The van der Waals surface area contributed by atoms with Crippen LogP contribution < -0.4 is 5.32 Å². The first-order chi connectivity index (χ1) is 8.97. The zero-order valence-electron chi connectivity index (χ0n) is 11.3. The first-order valence-corrected chi connectivity index (χ1v) is 7.02. The standard InChI is InChI=1S/C16H17BrFN/c1-10-6-11(2)16(12(3)7-10)19-9-13-8-14(17)4-5-15(13)18/h4-8,19H,9H2,1-3H3. The first-order valence-electron chi connectivity index (χ1n) is 6.23. The van der Waals surface area contributed by atoms with Crippen LogP contribution in [0.2, 0.25) is 0 Å². The summed E-state index contributed by atoms with van der Waals surface area (Å²) in [4.78, 5) is 0. The molecule has 2 aromatic carbocycles. The SMILES string of the molecule is Cc1cc(C)c(NCc2cc(Br)ccc2F)c(C)c1. The lowest BCUT2D eigenvalue weighted by molar-refractivity contribution is 0.612. The van der Waals surface area contributed by atoms with E-state index < -0.39 is 0 Å². The zero-order valence-corrected chi connectivity index (χ0v) is 12.9. The first kappa shape index (κ1) is 14.1.